The number of nitrogens with one attached hydrogen (secondary N) is 1. The monoisotopic (exact) mass is 278 g/mol. The van der Waals surface area contributed by atoms with Gasteiger partial charge in [-0.3, -0.25) is 4.79 Å². The summed E-state index contributed by atoms with van der Waals surface area (Å²) in [4.78, 5) is 10.8. The van der Waals surface area contributed by atoms with Crippen LogP contribution in [0, 0.1) is 11.8 Å². The minimum Gasteiger partial charge on any atom is -0.481 e. The molecule has 1 fully saturated rings. The van der Waals surface area contributed by atoms with Crippen molar-refractivity contribution in [3.8, 4) is 0 Å². The summed E-state index contributed by atoms with van der Waals surface area (Å²) in [6.45, 7) is 5.07. The van der Waals surface area contributed by atoms with Crippen LogP contribution in [0.5, 0.6) is 0 Å². The number of rotatable bonds is 6. The fourth-order valence-corrected chi connectivity index (χ4v) is 3.16. The molecule has 6 nitrogen and oxygen atoms in total. The summed E-state index contributed by atoms with van der Waals surface area (Å²) in [7, 11) is -3.44. The standard InChI is InChI=1S/C11H22N2O4S/c1-9(2)3-6-12-18(16,17)13-7-4-10(5-8-13)11(14)15/h9-10,12H,3-8H2,1-2H3,(H,14,15). The fraction of sp³-hybridized carbons (Fsp3) is 0.909. The average Bonchev–Trinajstić information content (AvgIpc) is 2.28. The molecule has 1 saturated heterocycles. The Balaban J connectivity index is 2.43. The highest BCUT2D eigenvalue weighted by molar-refractivity contribution is 7.87. The van der Waals surface area contributed by atoms with Crippen molar-refractivity contribution in [2.24, 2.45) is 11.8 Å². The molecule has 0 spiro atoms. The second kappa shape index (κ2) is 6.49. The number of hydrogen-bond acceptors (Lipinski definition) is 3. The SMILES string of the molecule is CC(C)CCNS(=O)(=O)N1CCC(C(=O)O)CC1. The first kappa shape index (κ1) is 15.4. The van der Waals surface area contributed by atoms with Crippen LogP contribution in [0.1, 0.15) is 33.1 Å². The first-order valence-electron chi connectivity index (χ1n) is 6.30. The van der Waals surface area contributed by atoms with Gasteiger partial charge in [0.25, 0.3) is 10.2 Å². The molecule has 106 valence electrons. The first-order chi connectivity index (χ1) is 8.33. The second-order valence-electron chi connectivity index (χ2n) is 5.09. The summed E-state index contributed by atoms with van der Waals surface area (Å²) < 4.78 is 27.7. The molecule has 0 saturated carbocycles. The topological polar surface area (TPSA) is 86.7 Å². The van der Waals surface area contributed by atoms with E-state index in [1.54, 1.807) is 0 Å². The van der Waals surface area contributed by atoms with Crippen molar-refractivity contribution in [2.45, 2.75) is 33.1 Å². The third kappa shape index (κ3) is 4.55. The molecule has 0 unspecified atom stereocenters. The lowest BCUT2D eigenvalue weighted by molar-refractivity contribution is -0.142. The van der Waals surface area contributed by atoms with E-state index < -0.39 is 22.1 Å². The smallest absolute Gasteiger partial charge is 0.306 e. The molecule has 2 N–H and O–H groups in total. The van der Waals surface area contributed by atoms with Crippen molar-refractivity contribution in [2.75, 3.05) is 19.6 Å². The Morgan fingerprint density at radius 2 is 1.94 bits per heavy atom. The van der Waals surface area contributed by atoms with E-state index in [4.69, 9.17) is 5.11 Å². The van der Waals surface area contributed by atoms with Crippen LogP contribution >= 0.6 is 0 Å². The number of carboxylic acid groups (broad SMARTS) is 1. The van der Waals surface area contributed by atoms with Crippen molar-refractivity contribution in [1.29, 1.82) is 0 Å². The third-order valence-corrected chi connectivity index (χ3v) is 4.76. The normalized spacial score (nSPS) is 19.3. The summed E-state index contributed by atoms with van der Waals surface area (Å²) in [5.74, 6) is -0.794. The fourth-order valence-electron chi connectivity index (χ4n) is 1.91. The summed E-state index contributed by atoms with van der Waals surface area (Å²) in [6.07, 6.45) is 1.58. The molecule has 0 atom stereocenters. The van der Waals surface area contributed by atoms with Gasteiger partial charge in [0.2, 0.25) is 0 Å². The van der Waals surface area contributed by atoms with Crippen LogP contribution in [0.4, 0.5) is 0 Å². The largest absolute Gasteiger partial charge is 0.481 e. The van der Waals surface area contributed by atoms with Gasteiger partial charge in [0, 0.05) is 19.6 Å². The van der Waals surface area contributed by atoms with E-state index in [1.807, 2.05) is 13.8 Å². The van der Waals surface area contributed by atoms with Crippen LogP contribution in [0.3, 0.4) is 0 Å². The molecule has 0 amide bonds. The molecule has 1 aliphatic rings. The summed E-state index contributed by atoms with van der Waals surface area (Å²) in [5, 5.41) is 8.85. The van der Waals surface area contributed by atoms with Gasteiger partial charge < -0.3 is 5.11 Å². The molecule has 0 radical (unpaired) electrons. The van der Waals surface area contributed by atoms with Crippen LogP contribution in [0.25, 0.3) is 0 Å². The maximum absolute atomic E-state index is 11.9. The minimum atomic E-state index is -3.44. The lowest BCUT2D eigenvalue weighted by atomic mass is 9.99. The third-order valence-electron chi connectivity index (χ3n) is 3.15. The molecule has 0 bridgehead atoms. The number of piperidine rings is 1. The molecule has 7 heteroatoms. The number of carbonyl (C=O) groups is 1. The molecule has 18 heavy (non-hydrogen) atoms. The van der Waals surface area contributed by atoms with Gasteiger partial charge in [-0.05, 0) is 25.2 Å². The van der Waals surface area contributed by atoms with E-state index in [9.17, 15) is 13.2 Å². The van der Waals surface area contributed by atoms with Crippen LogP contribution in [-0.2, 0) is 15.0 Å². The van der Waals surface area contributed by atoms with Gasteiger partial charge in [0.1, 0.15) is 0 Å². The Kier molecular flexibility index (Phi) is 5.55. The molecule has 1 aliphatic heterocycles. The van der Waals surface area contributed by atoms with E-state index in [2.05, 4.69) is 4.72 Å². The summed E-state index contributed by atoms with van der Waals surface area (Å²) >= 11 is 0. The Morgan fingerprint density at radius 3 is 2.39 bits per heavy atom. The van der Waals surface area contributed by atoms with E-state index in [-0.39, 0.29) is 13.1 Å². The van der Waals surface area contributed by atoms with Crippen molar-refractivity contribution in [3.05, 3.63) is 0 Å². The number of carboxylic acids is 1. The number of hydrogen-bond donors (Lipinski definition) is 2. The van der Waals surface area contributed by atoms with Crippen molar-refractivity contribution in [3.63, 3.8) is 0 Å². The molecule has 1 rings (SSSR count). The first-order valence-corrected chi connectivity index (χ1v) is 7.74. The van der Waals surface area contributed by atoms with Crippen LogP contribution < -0.4 is 4.72 Å². The van der Waals surface area contributed by atoms with Gasteiger partial charge in [-0.15, -0.1) is 0 Å². The van der Waals surface area contributed by atoms with Crippen LogP contribution in [0.15, 0.2) is 0 Å². The van der Waals surface area contributed by atoms with Crippen LogP contribution in [0.2, 0.25) is 0 Å². The molecular weight excluding hydrogens is 256 g/mol. The Morgan fingerprint density at radius 1 is 1.39 bits per heavy atom. The lowest BCUT2D eigenvalue weighted by Gasteiger charge is -2.29. The van der Waals surface area contributed by atoms with E-state index >= 15 is 0 Å². The zero-order chi connectivity index (χ0) is 13.8. The van der Waals surface area contributed by atoms with Gasteiger partial charge in [-0.25, -0.2) is 4.72 Å². The summed E-state index contributed by atoms with van der Waals surface area (Å²) in [6, 6.07) is 0. The van der Waals surface area contributed by atoms with E-state index in [0.717, 1.165) is 6.42 Å². The molecule has 0 aromatic carbocycles. The average molecular weight is 278 g/mol. The number of aliphatic carboxylic acids is 1. The van der Waals surface area contributed by atoms with Gasteiger partial charge in [0.05, 0.1) is 5.92 Å². The Labute approximate surface area is 109 Å². The highest BCUT2D eigenvalue weighted by atomic mass is 32.2. The predicted octanol–water partition coefficient (Wildman–Crippen LogP) is 0.664. The molecule has 0 aromatic heterocycles. The van der Waals surface area contributed by atoms with Crippen molar-refractivity contribution >= 4 is 16.2 Å². The quantitative estimate of drug-likeness (QED) is 0.747. The Bertz CT molecular complexity index is 373. The zero-order valence-corrected chi connectivity index (χ0v) is 11.7. The predicted molar refractivity (Wildman–Crippen MR) is 68.3 cm³/mol. The second-order valence-corrected chi connectivity index (χ2v) is 6.85. The van der Waals surface area contributed by atoms with Crippen molar-refractivity contribution in [1.82, 2.24) is 9.03 Å². The highest BCUT2D eigenvalue weighted by Crippen LogP contribution is 2.19. The van der Waals surface area contributed by atoms with E-state index in [0.29, 0.717) is 25.3 Å². The highest BCUT2D eigenvalue weighted by Gasteiger charge is 2.30. The number of nitrogens with zero attached hydrogens (tertiary/aromatic N) is 1. The molecular formula is C11H22N2O4S. The lowest BCUT2D eigenvalue weighted by Crippen LogP contribution is -2.46. The van der Waals surface area contributed by atoms with Gasteiger partial charge in [-0.1, -0.05) is 13.8 Å². The van der Waals surface area contributed by atoms with Crippen molar-refractivity contribution < 1.29 is 18.3 Å². The van der Waals surface area contributed by atoms with E-state index in [1.165, 1.54) is 4.31 Å². The maximum Gasteiger partial charge on any atom is 0.306 e. The molecule has 0 aromatic rings. The summed E-state index contributed by atoms with van der Waals surface area (Å²) in [5.41, 5.74) is 0. The zero-order valence-electron chi connectivity index (χ0n) is 10.9. The maximum atomic E-state index is 11.9. The van der Waals surface area contributed by atoms with Crippen LogP contribution in [-0.4, -0.2) is 43.4 Å². The molecule has 1 heterocycles. The Hall–Kier alpha value is -0.660. The van der Waals surface area contributed by atoms with Gasteiger partial charge >= 0.3 is 5.97 Å². The van der Waals surface area contributed by atoms with Gasteiger partial charge in [-0.2, -0.15) is 12.7 Å². The van der Waals surface area contributed by atoms with Gasteiger partial charge in [0.15, 0.2) is 0 Å². The molecule has 0 aliphatic carbocycles. The minimum absolute atomic E-state index is 0.286.